The van der Waals surface area contributed by atoms with Gasteiger partial charge in [0, 0.05) is 37.1 Å². The summed E-state index contributed by atoms with van der Waals surface area (Å²) in [5.74, 6) is -1.09. The van der Waals surface area contributed by atoms with Crippen molar-refractivity contribution < 1.29 is 18.3 Å². The van der Waals surface area contributed by atoms with Crippen LogP contribution in [0.5, 0.6) is 0 Å². The van der Waals surface area contributed by atoms with Crippen LogP contribution in [0.1, 0.15) is 34.8 Å². The first-order valence-electron chi connectivity index (χ1n) is 10.4. The smallest absolute Gasteiger partial charge is 0.269 e. The lowest BCUT2D eigenvalue weighted by Crippen LogP contribution is -2.48. The molecule has 2 saturated heterocycles. The topological polar surface area (TPSA) is 62.1 Å². The fraction of sp³-hybridized carbons (Fsp3) is 0.364. The van der Waals surface area contributed by atoms with Crippen molar-refractivity contribution in [2.24, 2.45) is 0 Å². The molecule has 4 heterocycles. The van der Waals surface area contributed by atoms with Crippen LogP contribution in [0.2, 0.25) is 0 Å². The van der Waals surface area contributed by atoms with E-state index in [0.29, 0.717) is 42.9 Å². The summed E-state index contributed by atoms with van der Waals surface area (Å²) in [6.45, 7) is 3.13. The number of anilines is 1. The Kier molecular flexibility index (Phi) is 5.29. The van der Waals surface area contributed by atoms with Crippen LogP contribution >= 0.6 is 0 Å². The van der Waals surface area contributed by atoms with Crippen molar-refractivity contribution in [2.45, 2.75) is 18.9 Å². The first-order valence-corrected chi connectivity index (χ1v) is 10.4. The van der Waals surface area contributed by atoms with Crippen molar-refractivity contribution in [3.8, 4) is 0 Å². The van der Waals surface area contributed by atoms with Crippen molar-refractivity contribution in [1.29, 1.82) is 0 Å². The summed E-state index contributed by atoms with van der Waals surface area (Å²) in [5, 5.41) is 6.12. The number of hydrogen-bond acceptors (Lipinski definition) is 5. The number of hydrogen-bond donors (Lipinski definition) is 1. The number of morpholine rings is 1. The number of carbonyl (C=O) groups is 1. The molecule has 2 aliphatic rings. The molecule has 0 saturated carbocycles. The quantitative estimate of drug-likeness (QED) is 0.694. The Morgan fingerprint density at radius 3 is 2.81 bits per heavy atom. The molecule has 9 heteroatoms. The third-order valence-corrected chi connectivity index (χ3v) is 5.92. The number of halogens is 2. The average Bonchev–Trinajstić information content (AvgIpc) is 3.43. The van der Waals surface area contributed by atoms with Gasteiger partial charge in [-0.3, -0.25) is 10.2 Å². The number of benzene rings is 1. The maximum absolute atomic E-state index is 14.4. The third-order valence-electron chi connectivity index (χ3n) is 5.92. The largest absolute Gasteiger partial charge is 0.379 e. The summed E-state index contributed by atoms with van der Waals surface area (Å²) < 4.78 is 35.2. The van der Waals surface area contributed by atoms with E-state index in [2.05, 4.69) is 15.4 Å². The van der Waals surface area contributed by atoms with Crippen LogP contribution in [0.3, 0.4) is 0 Å². The second-order valence-electron chi connectivity index (χ2n) is 7.83. The van der Waals surface area contributed by atoms with Gasteiger partial charge in [0.15, 0.2) is 0 Å². The Bertz CT molecular complexity index is 1110. The Morgan fingerprint density at radius 2 is 1.97 bits per heavy atom. The summed E-state index contributed by atoms with van der Waals surface area (Å²) >= 11 is 0. The van der Waals surface area contributed by atoms with Gasteiger partial charge in [0.2, 0.25) is 0 Å². The van der Waals surface area contributed by atoms with Crippen LogP contribution in [0.4, 0.5) is 14.5 Å². The molecule has 0 bridgehead atoms. The fourth-order valence-electron chi connectivity index (χ4n) is 4.37. The first kappa shape index (κ1) is 19.9. The Hall–Kier alpha value is -3.04. The lowest BCUT2D eigenvalue weighted by molar-refractivity contribution is 0.0127. The van der Waals surface area contributed by atoms with Gasteiger partial charge in [0.05, 0.1) is 36.5 Å². The van der Waals surface area contributed by atoms with E-state index >= 15 is 0 Å². The predicted octanol–water partition coefficient (Wildman–Crippen LogP) is 2.93. The minimum absolute atomic E-state index is 0.233. The van der Waals surface area contributed by atoms with E-state index in [0.717, 1.165) is 31.1 Å². The highest BCUT2D eigenvalue weighted by Gasteiger charge is 2.29. The minimum atomic E-state index is -0.448. The maximum Gasteiger partial charge on any atom is 0.269 e. The number of pyridine rings is 1. The fourth-order valence-corrected chi connectivity index (χ4v) is 4.37. The highest BCUT2D eigenvalue weighted by Crippen LogP contribution is 2.38. The monoisotopic (exact) mass is 427 g/mol. The summed E-state index contributed by atoms with van der Waals surface area (Å²) in [5.41, 5.74) is 5.23. The van der Waals surface area contributed by atoms with Crippen LogP contribution in [-0.4, -0.2) is 53.4 Å². The second kappa shape index (κ2) is 8.24. The molecule has 2 aromatic heterocycles. The lowest BCUT2D eigenvalue weighted by atomic mass is 10.0. The molecule has 1 unspecified atom stereocenters. The molecule has 0 aliphatic carbocycles. The Balaban J connectivity index is 1.44. The maximum atomic E-state index is 14.4. The van der Waals surface area contributed by atoms with Crippen molar-refractivity contribution >= 4 is 17.1 Å². The molecular formula is C22H23F2N5O2. The molecule has 0 spiro atoms. The van der Waals surface area contributed by atoms with E-state index in [-0.39, 0.29) is 11.9 Å². The van der Waals surface area contributed by atoms with Gasteiger partial charge in [0.25, 0.3) is 5.91 Å². The van der Waals surface area contributed by atoms with Gasteiger partial charge in [-0.1, -0.05) is 0 Å². The summed E-state index contributed by atoms with van der Waals surface area (Å²) in [7, 11) is 0. The van der Waals surface area contributed by atoms with Crippen molar-refractivity contribution in [3.05, 3.63) is 65.5 Å². The van der Waals surface area contributed by atoms with Gasteiger partial charge < -0.3 is 9.64 Å². The van der Waals surface area contributed by atoms with E-state index in [1.54, 1.807) is 16.9 Å². The standard InChI is InChI=1S/C22H23F2N5O2/c23-15-3-4-19(24)17(12-15)20-2-1-6-28(20)16-5-7-29-21(13-16)18(14-25-29)22(30)26-27-8-10-31-11-9-27/h3-5,7,12-14,20H,1-2,6,8-11H2,(H,26,30). The van der Waals surface area contributed by atoms with Gasteiger partial charge in [-0.05, 0) is 43.2 Å². The number of ether oxygens (including phenoxy) is 1. The molecule has 162 valence electrons. The zero-order valence-corrected chi connectivity index (χ0v) is 16.9. The third kappa shape index (κ3) is 3.86. The number of hydrazine groups is 1. The molecule has 2 fully saturated rings. The molecule has 1 amide bonds. The second-order valence-corrected chi connectivity index (χ2v) is 7.83. The van der Waals surface area contributed by atoms with E-state index in [4.69, 9.17) is 4.74 Å². The van der Waals surface area contributed by atoms with Gasteiger partial charge in [-0.15, -0.1) is 0 Å². The van der Waals surface area contributed by atoms with Crippen molar-refractivity contribution in [2.75, 3.05) is 37.7 Å². The zero-order chi connectivity index (χ0) is 21.4. The molecule has 1 N–H and O–H groups in total. The number of amides is 1. The highest BCUT2D eigenvalue weighted by atomic mass is 19.1. The lowest BCUT2D eigenvalue weighted by Gasteiger charge is -2.28. The molecule has 2 aliphatic heterocycles. The van der Waals surface area contributed by atoms with Gasteiger partial charge >= 0.3 is 0 Å². The van der Waals surface area contributed by atoms with Crippen LogP contribution in [0, 0.1) is 11.6 Å². The van der Waals surface area contributed by atoms with Gasteiger partial charge in [-0.25, -0.2) is 18.3 Å². The van der Waals surface area contributed by atoms with E-state index in [9.17, 15) is 13.6 Å². The van der Waals surface area contributed by atoms with Crippen molar-refractivity contribution in [1.82, 2.24) is 20.0 Å². The first-order chi connectivity index (χ1) is 15.1. The van der Waals surface area contributed by atoms with E-state index in [1.165, 1.54) is 12.1 Å². The summed E-state index contributed by atoms with van der Waals surface area (Å²) in [4.78, 5) is 14.9. The predicted molar refractivity (Wildman–Crippen MR) is 111 cm³/mol. The highest BCUT2D eigenvalue weighted by molar-refractivity contribution is 6.00. The molecular weight excluding hydrogens is 404 g/mol. The van der Waals surface area contributed by atoms with Crippen LogP contribution in [-0.2, 0) is 4.74 Å². The number of nitrogens with one attached hydrogen (secondary N) is 1. The average molecular weight is 427 g/mol. The number of nitrogens with zero attached hydrogens (tertiary/aromatic N) is 4. The van der Waals surface area contributed by atoms with Crippen LogP contribution < -0.4 is 10.3 Å². The molecule has 0 radical (unpaired) electrons. The molecule has 7 nitrogen and oxygen atoms in total. The number of fused-ring (bicyclic) bond motifs is 1. The normalized spacial score (nSPS) is 19.8. The SMILES string of the molecule is O=C(NN1CCOCC1)c1cnn2ccc(N3CCCC3c3cc(F)ccc3F)cc12. The Morgan fingerprint density at radius 1 is 1.13 bits per heavy atom. The van der Waals surface area contributed by atoms with Gasteiger partial charge in [0.1, 0.15) is 11.6 Å². The number of carbonyl (C=O) groups excluding carboxylic acids is 1. The van der Waals surface area contributed by atoms with E-state index in [1.807, 2.05) is 17.1 Å². The van der Waals surface area contributed by atoms with Crippen LogP contribution in [0.15, 0.2) is 42.7 Å². The number of rotatable bonds is 4. The van der Waals surface area contributed by atoms with Crippen LogP contribution in [0.25, 0.3) is 5.52 Å². The van der Waals surface area contributed by atoms with Crippen molar-refractivity contribution in [3.63, 3.8) is 0 Å². The molecule has 3 aromatic rings. The zero-order valence-electron chi connectivity index (χ0n) is 16.9. The molecule has 31 heavy (non-hydrogen) atoms. The van der Waals surface area contributed by atoms with E-state index < -0.39 is 11.6 Å². The summed E-state index contributed by atoms with van der Waals surface area (Å²) in [6, 6.07) is 7.10. The molecule has 1 atom stereocenters. The molecule has 5 rings (SSSR count). The molecule has 1 aromatic carbocycles. The minimum Gasteiger partial charge on any atom is -0.379 e. The number of aromatic nitrogens is 2. The summed E-state index contributed by atoms with van der Waals surface area (Å²) in [6.07, 6.45) is 4.93. The Labute approximate surface area is 178 Å². The van der Waals surface area contributed by atoms with Gasteiger partial charge in [-0.2, -0.15) is 5.10 Å².